The van der Waals surface area contributed by atoms with Crippen molar-refractivity contribution in [2.24, 2.45) is 7.05 Å². The monoisotopic (exact) mass is 472 g/mol. The molecule has 1 aliphatic heterocycles. The molecule has 0 fully saturated rings. The molecule has 0 saturated carbocycles. The summed E-state index contributed by atoms with van der Waals surface area (Å²) in [4.78, 5) is 13.0. The highest BCUT2D eigenvalue weighted by Gasteiger charge is 2.27. The van der Waals surface area contributed by atoms with Crippen molar-refractivity contribution in [2.75, 3.05) is 0 Å². The fourth-order valence-corrected chi connectivity index (χ4v) is 5.30. The average molecular weight is 473 g/mol. The topological polar surface area (TPSA) is 66.4 Å². The van der Waals surface area contributed by atoms with Crippen LogP contribution in [0.2, 0.25) is 5.02 Å². The second-order valence-electron chi connectivity index (χ2n) is 9.41. The molecule has 6 nitrogen and oxygen atoms in total. The van der Waals surface area contributed by atoms with Crippen LogP contribution in [0.4, 0.5) is 0 Å². The molecule has 2 N–H and O–H groups in total. The summed E-state index contributed by atoms with van der Waals surface area (Å²) in [5.74, 6) is -0.134. The van der Waals surface area contributed by atoms with Gasteiger partial charge in [0.25, 0.3) is 5.91 Å². The average Bonchev–Trinajstić information content (AvgIpc) is 3.27. The van der Waals surface area contributed by atoms with Crippen molar-refractivity contribution in [1.82, 2.24) is 18.9 Å². The van der Waals surface area contributed by atoms with E-state index in [1.807, 2.05) is 73.9 Å². The Bertz CT molecular complexity index is 1210. The zero-order chi connectivity index (χ0) is 23.2. The van der Waals surface area contributed by atoms with Crippen LogP contribution < -0.4 is 10.0 Å². The normalized spacial score (nSPS) is 16.2. The third-order valence-corrected chi connectivity index (χ3v) is 7.39. The third-order valence-electron chi connectivity index (χ3n) is 5.64. The van der Waals surface area contributed by atoms with Gasteiger partial charge < -0.3 is 9.88 Å². The van der Waals surface area contributed by atoms with E-state index in [-0.39, 0.29) is 17.5 Å². The molecule has 32 heavy (non-hydrogen) atoms. The highest BCUT2D eigenvalue weighted by Crippen LogP contribution is 2.28. The van der Waals surface area contributed by atoms with Gasteiger partial charge in [0.15, 0.2) is 11.2 Å². The molecule has 1 aromatic heterocycles. The number of aromatic nitrogens is 1. The van der Waals surface area contributed by atoms with E-state index in [0.717, 1.165) is 22.0 Å². The van der Waals surface area contributed by atoms with Crippen molar-refractivity contribution < 1.29 is 9.00 Å². The number of hydrogen-bond donors (Lipinski definition) is 2. The first-order chi connectivity index (χ1) is 15.0. The Kier molecular flexibility index (Phi) is 6.20. The van der Waals surface area contributed by atoms with Crippen LogP contribution in [0, 0.1) is 0 Å². The van der Waals surface area contributed by atoms with Crippen LogP contribution in [0.3, 0.4) is 0 Å². The second-order valence-corrected chi connectivity index (χ2v) is 11.1. The number of rotatable bonds is 5. The zero-order valence-electron chi connectivity index (χ0n) is 19.0. The molecule has 0 spiro atoms. The lowest BCUT2D eigenvalue weighted by atomic mass is 10.0. The van der Waals surface area contributed by atoms with Crippen LogP contribution in [-0.2, 0) is 31.3 Å². The first-order valence-corrected chi connectivity index (χ1v) is 12.1. The summed E-state index contributed by atoms with van der Waals surface area (Å²) in [7, 11) is 1.87. The summed E-state index contributed by atoms with van der Waals surface area (Å²) in [5, 5.41) is 4.73. The molecule has 2 heterocycles. The number of benzene rings is 2. The van der Waals surface area contributed by atoms with E-state index in [9.17, 15) is 9.00 Å². The number of carbonyl (C=O) groups excluding carboxylic acids is 1. The van der Waals surface area contributed by atoms with Gasteiger partial charge in [-0.15, -0.1) is 0 Å². The van der Waals surface area contributed by atoms with Crippen molar-refractivity contribution in [3.05, 3.63) is 69.9 Å². The van der Waals surface area contributed by atoms with Gasteiger partial charge in [0, 0.05) is 41.6 Å². The van der Waals surface area contributed by atoms with E-state index in [4.69, 9.17) is 11.6 Å². The van der Waals surface area contributed by atoms with E-state index in [1.54, 1.807) is 0 Å². The summed E-state index contributed by atoms with van der Waals surface area (Å²) in [6.07, 6.45) is 0. The molecule has 0 radical (unpaired) electrons. The van der Waals surface area contributed by atoms with Gasteiger partial charge in [0.1, 0.15) is 5.69 Å². The summed E-state index contributed by atoms with van der Waals surface area (Å²) < 4.78 is 19.5. The fraction of sp³-hybridized carbons (Fsp3) is 0.375. The number of carbonyl (C=O) groups is 1. The predicted octanol–water partition coefficient (Wildman–Crippen LogP) is 4.61. The fourth-order valence-electron chi connectivity index (χ4n) is 3.97. The molecule has 2 unspecified atom stereocenters. The van der Waals surface area contributed by atoms with E-state index in [1.165, 1.54) is 5.56 Å². The van der Waals surface area contributed by atoms with Crippen LogP contribution in [0.25, 0.3) is 10.9 Å². The molecule has 4 rings (SSSR count). The summed E-state index contributed by atoms with van der Waals surface area (Å²) in [5.41, 5.74) is 4.62. The maximum atomic E-state index is 13.0. The molecule has 1 amide bonds. The largest absolute Gasteiger partial charge is 0.344 e. The lowest BCUT2D eigenvalue weighted by molar-refractivity contribution is 0.0932. The molecule has 2 atom stereocenters. The zero-order valence-corrected chi connectivity index (χ0v) is 20.6. The number of aryl methyl sites for hydroxylation is 1. The van der Waals surface area contributed by atoms with Gasteiger partial charge in [-0.3, -0.25) is 4.79 Å². The first kappa shape index (κ1) is 23.0. The molecule has 0 aliphatic carbocycles. The van der Waals surface area contributed by atoms with Crippen molar-refractivity contribution in [3.8, 4) is 0 Å². The summed E-state index contributed by atoms with van der Waals surface area (Å²) >= 11 is 4.86. The maximum Gasteiger partial charge on any atom is 0.268 e. The Balaban J connectivity index is 1.47. The number of nitrogens with zero attached hydrogens (tertiary/aromatic N) is 2. The van der Waals surface area contributed by atoms with Crippen molar-refractivity contribution in [1.29, 1.82) is 0 Å². The minimum Gasteiger partial charge on any atom is -0.344 e. The Labute approximate surface area is 196 Å². The molecular weight excluding hydrogens is 444 g/mol. The van der Waals surface area contributed by atoms with Gasteiger partial charge in [-0.05, 0) is 62.6 Å². The number of nitrogens with one attached hydrogen (secondary N) is 2. The van der Waals surface area contributed by atoms with Gasteiger partial charge in [-0.2, -0.15) is 0 Å². The predicted molar refractivity (Wildman–Crippen MR) is 131 cm³/mol. The molecule has 3 aromatic rings. The van der Waals surface area contributed by atoms with Crippen LogP contribution in [-0.4, -0.2) is 24.5 Å². The molecular formula is C24H29ClN4O2S. The van der Waals surface area contributed by atoms with Gasteiger partial charge in [0.05, 0.1) is 6.04 Å². The molecule has 1 aliphatic rings. The van der Waals surface area contributed by atoms with Crippen molar-refractivity contribution >= 4 is 39.6 Å². The Morgan fingerprint density at radius 1 is 1.09 bits per heavy atom. The standard InChI is InChI=1S/C24H29ClN4O2S/c1-15(26-23(30)22-11-17-8-9-20(25)12-21(17)28(22)5)16-6-7-18-13-29(14-19(18)10-16)32(31)27-24(2,3)4/h6-12,15,27H,13-14H2,1-5H3,(H,26,30). The Morgan fingerprint density at radius 2 is 1.81 bits per heavy atom. The SMILES string of the molecule is CC(NC(=O)c1cc2ccc(Cl)cc2n1C)c1ccc2c(c1)CN(S(=O)NC(C)(C)C)C2. The van der Waals surface area contributed by atoms with Gasteiger partial charge in [0.2, 0.25) is 0 Å². The second kappa shape index (κ2) is 8.63. The van der Waals surface area contributed by atoms with Crippen LogP contribution in [0.15, 0.2) is 42.5 Å². The van der Waals surface area contributed by atoms with Crippen LogP contribution in [0.5, 0.6) is 0 Å². The molecule has 8 heteroatoms. The molecule has 170 valence electrons. The Hall–Kier alpha value is -2.19. The summed E-state index contributed by atoms with van der Waals surface area (Å²) in [6, 6.07) is 13.5. The van der Waals surface area contributed by atoms with Crippen molar-refractivity contribution in [3.63, 3.8) is 0 Å². The van der Waals surface area contributed by atoms with Crippen LogP contribution >= 0.6 is 11.6 Å². The van der Waals surface area contributed by atoms with Crippen molar-refractivity contribution in [2.45, 2.75) is 52.4 Å². The summed E-state index contributed by atoms with van der Waals surface area (Å²) in [6.45, 7) is 9.24. The van der Waals surface area contributed by atoms with E-state index >= 15 is 0 Å². The maximum absolute atomic E-state index is 13.0. The minimum absolute atomic E-state index is 0.134. The number of fused-ring (bicyclic) bond motifs is 2. The van der Waals surface area contributed by atoms with Crippen LogP contribution in [0.1, 0.15) is 60.9 Å². The van der Waals surface area contributed by atoms with Gasteiger partial charge >= 0.3 is 0 Å². The first-order valence-electron chi connectivity index (χ1n) is 10.6. The Morgan fingerprint density at radius 3 is 2.53 bits per heavy atom. The third kappa shape index (κ3) is 4.76. The highest BCUT2D eigenvalue weighted by molar-refractivity contribution is 7.80. The lowest BCUT2D eigenvalue weighted by Gasteiger charge is -2.23. The van der Waals surface area contributed by atoms with E-state index in [0.29, 0.717) is 23.8 Å². The van der Waals surface area contributed by atoms with Gasteiger partial charge in [-0.25, -0.2) is 13.2 Å². The van der Waals surface area contributed by atoms with Gasteiger partial charge in [-0.1, -0.05) is 35.9 Å². The number of halogens is 1. The lowest BCUT2D eigenvalue weighted by Crippen LogP contribution is -2.42. The van der Waals surface area contributed by atoms with E-state index in [2.05, 4.69) is 22.2 Å². The smallest absolute Gasteiger partial charge is 0.268 e. The van der Waals surface area contributed by atoms with E-state index < -0.39 is 11.2 Å². The quantitative estimate of drug-likeness (QED) is 0.569. The minimum atomic E-state index is -1.25. The molecule has 0 saturated heterocycles. The molecule has 2 aromatic carbocycles. The molecule has 0 bridgehead atoms. The highest BCUT2D eigenvalue weighted by atomic mass is 35.5. The number of hydrogen-bond acceptors (Lipinski definition) is 2. The number of amides is 1.